The maximum absolute atomic E-state index is 15.2. The molecule has 5 amide bonds. The van der Waals surface area contributed by atoms with Crippen molar-refractivity contribution in [2.45, 2.75) is 77.7 Å². The van der Waals surface area contributed by atoms with Crippen molar-refractivity contribution < 1.29 is 28.7 Å². The number of piperidine rings is 1. The van der Waals surface area contributed by atoms with Crippen molar-refractivity contribution in [1.82, 2.24) is 34.6 Å². The predicted octanol–water partition coefficient (Wildman–Crippen LogP) is 3.90. The van der Waals surface area contributed by atoms with E-state index >= 15 is 4.39 Å². The van der Waals surface area contributed by atoms with E-state index in [1.807, 2.05) is 43.5 Å². The van der Waals surface area contributed by atoms with Crippen LogP contribution in [0.1, 0.15) is 78.6 Å². The SMILES string of the molecule is CC[C@@H](CO)Nc1cc(NCc2ccc(NC(=O)N3CCN(Cc4cc5c(cc4F)C(=O)N(C4CCC(=O)NC4=O)C5)CC3)cc2)n2ncc(C(C)C)c2n1. The molecule has 7 rings (SSSR count). The van der Waals surface area contributed by atoms with E-state index in [1.54, 1.807) is 15.5 Å². The van der Waals surface area contributed by atoms with Gasteiger partial charge in [-0.05, 0) is 54.2 Å². The van der Waals surface area contributed by atoms with E-state index in [4.69, 9.17) is 4.98 Å². The average molecular weight is 755 g/mol. The molecule has 0 spiro atoms. The van der Waals surface area contributed by atoms with Crippen molar-refractivity contribution in [2.75, 3.05) is 48.7 Å². The van der Waals surface area contributed by atoms with Gasteiger partial charge in [-0.25, -0.2) is 14.2 Å². The number of carbonyl (C=O) groups is 4. The van der Waals surface area contributed by atoms with Gasteiger partial charge in [-0.3, -0.25) is 24.6 Å². The molecule has 2 fully saturated rings. The first kappa shape index (κ1) is 37.7. The Labute approximate surface area is 318 Å². The second-order valence-corrected chi connectivity index (χ2v) is 14.7. The highest BCUT2D eigenvalue weighted by Crippen LogP contribution is 2.30. The monoisotopic (exact) mass is 754 g/mol. The Morgan fingerprint density at radius 2 is 1.84 bits per heavy atom. The number of aliphatic hydroxyl groups is 1. The molecule has 0 aliphatic carbocycles. The van der Waals surface area contributed by atoms with Crippen molar-refractivity contribution in [3.63, 3.8) is 0 Å². The summed E-state index contributed by atoms with van der Waals surface area (Å²) in [4.78, 5) is 60.2. The maximum Gasteiger partial charge on any atom is 0.321 e. The number of nitrogens with one attached hydrogen (secondary N) is 4. The fourth-order valence-electron chi connectivity index (χ4n) is 7.29. The molecule has 16 heteroatoms. The molecular formula is C39H47FN10O5. The molecule has 290 valence electrons. The molecule has 4 aromatic rings. The normalized spacial score (nSPS) is 18.1. The Hall–Kier alpha value is -5.61. The van der Waals surface area contributed by atoms with Gasteiger partial charge < -0.3 is 30.9 Å². The summed E-state index contributed by atoms with van der Waals surface area (Å²) in [5.74, 6) is -0.110. The lowest BCUT2D eigenvalue weighted by Gasteiger charge is -2.34. The summed E-state index contributed by atoms with van der Waals surface area (Å²) in [7, 11) is 0. The number of amides is 5. The number of piperazine rings is 1. The Bertz CT molecular complexity index is 2090. The molecule has 2 atom stereocenters. The second-order valence-electron chi connectivity index (χ2n) is 14.7. The standard InChI is InChI=1S/C39H47FN10O5/c1-4-27(22-51)43-33-17-34(50-36(45-33)30(19-42-50)23(2)3)41-18-24-5-7-28(8-6-24)44-39(55)48-13-11-47(12-14-48)20-26-15-25-21-49(38(54)29(25)16-31(26)40)32-9-10-35(52)46-37(32)53/h5-8,15-17,19,23,27,32,41,51H,4,9-14,18,20-22H2,1-3H3,(H,43,45)(H,44,55)(H,46,52,53)/t27-,32?/m0/s1. The number of anilines is 3. The molecule has 0 radical (unpaired) electrons. The summed E-state index contributed by atoms with van der Waals surface area (Å²) in [6.07, 6.45) is 2.98. The molecule has 55 heavy (non-hydrogen) atoms. The Morgan fingerprint density at radius 3 is 2.53 bits per heavy atom. The minimum Gasteiger partial charge on any atom is -0.394 e. The van der Waals surface area contributed by atoms with Crippen LogP contribution in [0.3, 0.4) is 0 Å². The summed E-state index contributed by atoms with van der Waals surface area (Å²) in [6, 6.07) is 11.4. The van der Waals surface area contributed by atoms with Crippen LogP contribution in [-0.2, 0) is 29.2 Å². The van der Waals surface area contributed by atoms with Crippen LogP contribution in [0.4, 0.5) is 26.5 Å². The summed E-state index contributed by atoms with van der Waals surface area (Å²) < 4.78 is 17.0. The fourth-order valence-corrected chi connectivity index (χ4v) is 7.29. The quantitative estimate of drug-likeness (QED) is 0.133. The van der Waals surface area contributed by atoms with Crippen LogP contribution in [0, 0.1) is 5.82 Å². The number of aromatic nitrogens is 3. The van der Waals surface area contributed by atoms with E-state index in [0.717, 1.165) is 29.0 Å². The van der Waals surface area contributed by atoms with Crippen LogP contribution < -0.4 is 21.3 Å². The van der Waals surface area contributed by atoms with E-state index < -0.39 is 23.7 Å². The first-order valence-corrected chi connectivity index (χ1v) is 18.8. The van der Waals surface area contributed by atoms with Crippen molar-refractivity contribution >= 4 is 46.7 Å². The number of benzene rings is 2. The van der Waals surface area contributed by atoms with Gasteiger partial charge >= 0.3 is 6.03 Å². The fraction of sp³-hybridized carbons (Fsp3) is 0.436. The lowest BCUT2D eigenvalue weighted by molar-refractivity contribution is -0.136. The van der Waals surface area contributed by atoms with E-state index in [1.165, 1.54) is 11.0 Å². The van der Waals surface area contributed by atoms with Crippen LogP contribution in [-0.4, -0.2) is 103 Å². The van der Waals surface area contributed by atoms with Crippen LogP contribution in [0.15, 0.2) is 48.7 Å². The lowest BCUT2D eigenvalue weighted by Crippen LogP contribution is -2.52. The first-order chi connectivity index (χ1) is 26.5. The number of hydrogen-bond donors (Lipinski definition) is 5. The zero-order chi connectivity index (χ0) is 38.8. The van der Waals surface area contributed by atoms with Gasteiger partial charge in [0.25, 0.3) is 5.91 Å². The van der Waals surface area contributed by atoms with Crippen molar-refractivity contribution in [1.29, 1.82) is 0 Å². The van der Waals surface area contributed by atoms with E-state index in [2.05, 4.69) is 45.1 Å². The van der Waals surface area contributed by atoms with Gasteiger partial charge in [-0.15, -0.1) is 0 Å². The van der Waals surface area contributed by atoms with Gasteiger partial charge in [-0.2, -0.15) is 9.61 Å². The van der Waals surface area contributed by atoms with Crippen LogP contribution >= 0.6 is 0 Å². The third-order valence-electron chi connectivity index (χ3n) is 10.6. The third kappa shape index (κ3) is 8.10. The topological polar surface area (TPSA) is 177 Å². The second kappa shape index (κ2) is 16.0. The number of carbonyl (C=O) groups excluding carboxylic acids is 4. The molecule has 2 saturated heterocycles. The number of imide groups is 1. The number of halogens is 1. The Balaban J connectivity index is 0.912. The minimum absolute atomic E-state index is 0.000511. The van der Waals surface area contributed by atoms with Gasteiger partial charge in [-0.1, -0.05) is 32.9 Å². The summed E-state index contributed by atoms with van der Waals surface area (Å²) in [5, 5.41) is 26.4. The van der Waals surface area contributed by atoms with Gasteiger partial charge in [0.1, 0.15) is 23.5 Å². The molecule has 0 saturated carbocycles. The Kier molecular flexibility index (Phi) is 11.0. The molecule has 1 unspecified atom stereocenters. The van der Waals surface area contributed by atoms with Gasteiger partial charge in [0.05, 0.1) is 18.8 Å². The highest BCUT2D eigenvalue weighted by atomic mass is 19.1. The maximum atomic E-state index is 15.2. The van der Waals surface area contributed by atoms with Crippen LogP contribution in [0.2, 0.25) is 0 Å². The smallest absolute Gasteiger partial charge is 0.321 e. The van der Waals surface area contributed by atoms with Crippen LogP contribution in [0.5, 0.6) is 0 Å². The van der Waals surface area contributed by atoms with Gasteiger partial charge in [0, 0.05) is 80.7 Å². The molecule has 5 N–H and O–H groups in total. The van der Waals surface area contributed by atoms with E-state index in [9.17, 15) is 24.3 Å². The zero-order valence-electron chi connectivity index (χ0n) is 31.3. The highest BCUT2D eigenvalue weighted by Gasteiger charge is 2.39. The molecule has 5 heterocycles. The number of nitrogens with zero attached hydrogens (tertiary/aromatic N) is 6. The largest absolute Gasteiger partial charge is 0.394 e. The van der Waals surface area contributed by atoms with E-state index in [-0.39, 0.29) is 55.5 Å². The predicted molar refractivity (Wildman–Crippen MR) is 204 cm³/mol. The minimum atomic E-state index is -0.757. The lowest BCUT2D eigenvalue weighted by atomic mass is 10.0. The van der Waals surface area contributed by atoms with Crippen molar-refractivity contribution in [3.05, 3.63) is 82.3 Å². The van der Waals surface area contributed by atoms with Gasteiger partial charge in [0.2, 0.25) is 11.8 Å². The molecular weight excluding hydrogens is 707 g/mol. The molecule has 2 aromatic carbocycles. The third-order valence-corrected chi connectivity index (χ3v) is 10.6. The van der Waals surface area contributed by atoms with Crippen molar-refractivity contribution in [3.8, 4) is 0 Å². The summed E-state index contributed by atoms with van der Waals surface area (Å²) in [5.41, 5.74) is 4.79. The zero-order valence-corrected chi connectivity index (χ0v) is 31.3. The molecule has 0 bridgehead atoms. The molecule has 3 aliphatic rings. The Morgan fingerprint density at radius 1 is 1.07 bits per heavy atom. The van der Waals surface area contributed by atoms with Gasteiger partial charge in [0.15, 0.2) is 5.65 Å². The van der Waals surface area contributed by atoms with Crippen LogP contribution in [0.25, 0.3) is 5.65 Å². The summed E-state index contributed by atoms with van der Waals surface area (Å²) >= 11 is 0. The number of rotatable bonds is 12. The molecule has 2 aromatic heterocycles. The number of aliphatic hydroxyl groups excluding tert-OH is 1. The first-order valence-electron chi connectivity index (χ1n) is 18.8. The van der Waals surface area contributed by atoms with E-state index in [0.29, 0.717) is 61.9 Å². The number of hydrogen-bond acceptors (Lipinski definition) is 10. The average Bonchev–Trinajstić information content (AvgIpc) is 3.74. The number of fused-ring (bicyclic) bond motifs is 2. The summed E-state index contributed by atoms with van der Waals surface area (Å²) in [6.45, 7) is 9.22. The number of urea groups is 1. The van der Waals surface area contributed by atoms with Crippen molar-refractivity contribution in [2.24, 2.45) is 0 Å². The molecule has 15 nitrogen and oxygen atoms in total. The highest BCUT2D eigenvalue weighted by molar-refractivity contribution is 6.05. The molecule has 3 aliphatic heterocycles.